The molecule has 0 atom stereocenters. The normalized spacial score (nSPS) is 10.2. The number of esters is 1. The van der Waals surface area contributed by atoms with E-state index in [0.717, 1.165) is 11.1 Å². The van der Waals surface area contributed by atoms with E-state index in [4.69, 9.17) is 26.8 Å². The van der Waals surface area contributed by atoms with E-state index in [9.17, 15) is 9.59 Å². The zero-order valence-corrected chi connectivity index (χ0v) is 14.9. The summed E-state index contributed by atoms with van der Waals surface area (Å²) in [6.45, 7) is 3.49. The summed E-state index contributed by atoms with van der Waals surface area (Å²) in [6, 6.07) is 8.30. The van der Waals surface area contributed by atoms with Gasteiger partial charge in [0, 0.05) is 11.8 Å². The van der Waals surface area contributed by atoms with Gasteiger partial charge < -0.3 is 20.5 Å². The second-order valence-corrected chi connectivity index (χ2v) is 5.90. The second-order valence-electron chi connectivity index (χ2n) is 5.50. The maximum absolute atomic E-state index is 12.2. The molecule has 0 spiro atoms. The number of rotatable bonds is 5. The molecule has 25 heavy (non-hydrogen) atoms. The molecule has 1 amide bonds. The van der Waals surface area contributed by atoms with Crippen molar-refractivity contribution in [2.75, 3.05) is 24.8 Å². The number of hydrogen-bond donors (Lipinski definition) is 2. The second kappa shape index (κ2) is 7.90. The van der Waals surface area contributed by atoms with Crippen LogP contribution in [0.15, 0.2) is 30.3 Å². The highest BCUT2D eigenvalue weighted by Gasteiger charge is 2.17. The first-order valence-corrected chi connectivity index (χ1v) is 7.87. The van der Waals surface area contributed by atoms with Gasteiger partial charge in [-0.2, -0.15) is 0 Å². The summed E-state index contributed by atoms with van der Waals surface area (Å²) >= 11 is 5.92. The lowest BCUT2D eigenvalue weighted by molar-refractivity contribution is -0.119. The molecule has 0 aliphatic heterocycles. The highest BCUT2D eigenvalue weighted by molar-refractivity contribution is 6.33. The Kier molecular flexibility index (Phi) is 5.88. The van der Waals surface area contributed by atoms with E-state index in [0.29, 0.717) is 5.69 Å². The van der Waals surface area contributed by atoms with Gasteiger partial charge in [-0.3, -0.25) is 4.79 Å². The van der Waals surface area contributed by atoms with Crippen LogP contribution in [0.2, 0.25) is 5.02 Å². The van der Waals surface area contributed by atoms with E-state index >= 15 is 0 Å². The molecule has 0 aromatic heterocycles. The first kappa shape index (κ1) is 18.6. The Bertz CT molecular complexity index is 821. The monoisotopic (exact) mass is 362 g/mol. The predicted molar refractivity (Wildman–Crippen MR) is 97.2 cm³/mol. The maximum atomic E-state index is 12.2. The van der Waals surface area contributed by atoms with Crippen LogP contribution in [0.1, 0.15) is 21.5 Å². The lowest BCUT2D eigenvalue weighted by Gasteiger charge is -2.11. The van der Waals surface area contributed by atoms with Crippen molar-refractivity contribution < 1.29 is 19.1 Å². The number of nitrogen functional groups attached to an aromatic ring is 1. The lowest BCUT2D eigenvalue weighted by atomic mass is 10.1. The van der Waals surface area contributed by atoms with Gasteiger partial charge in [-0.25, -0.2) is 4.79 Å². The van der Waals surface area contributed by atoms with E-state index in [1.165, 1.54) is 19.2 Å². The van der Waals surface area contributed by atoms with Crippen molar-refractivity contribution in [2.24, 2.45) is 0 Å². The van der Waals surface area contributed by atoms with Crippen molar-refractivity contribution in [2.45, 2.75) is 13.8 Å². The number of carbonyl (C=O) groups excluding carboxylic acids is 2. The molecule has 0 saturated carbocycles. The number of aryl methyl sites for hydroxylation is 2. The van der Waals surface area contributed by atoms with E-state index in [1.807, 2.05) is 26.0 Å². The third kappa shape index (κ3) is 4.64. The van der Waals surface area contributed by atoms with Crippen LogP contribution in [0.4, 0.5) is 11.4 Å². The molecule has 0 fully saturated rings. The van der Waals surface area contributed by atoms with Crippen LogP contribution in [-0.4, -0.2) is 25.6 Å². The smallest absolute Gasteiger partial charge is 0.342 e. The predicted octanol–water partition coefficient (Wildman–Crippen LogP) is 3.34. The van der Waals surface area contributed by atoms with Gasteiger partial charge in [0.2, 0.25) is 0 Å². The molecule has 0 aliphatic rings. The molecule has 0 saturated heterocycles. The molecule has 132 valence electrons. The number of nitrogens with two attached hydrogens (primary N) is 1. The van der Waals surface area contributed by atoms with E-state index in [1.54, 1.807) is 6.07 Å². The molecular formula is C18H19ClN2O4. The SMILES string of the molecule is COc1cc(N)c(Cl)cc1C(=O)OCC(=O)Nc1ccc(C)c(C)c1. The van der Waals surface area contributed by atoms with Gasteiger partial charge in [-0.1, -0.05) is 17.7 Å². The van der Waals surface area contributed by atoms with Crippen molar-refractivity contribution in [3.8, 4) is 5.75 Å². The molecule has 7 heteroatoms. The fraction of sp³-hybridized carbons (Fsp3) is 0.222. The number of anilines is 2. The molecule has 0 aliphatic carbocycles. The quantitative estimate of drug-likeness (QED) is 0.628. The molecule has 2 aromatic carbocycles. The molecule has 6 nitrogen and oxygen atoms in total. The number of halogens is 1. The van der Waals surface area contributed by atoms with Crippen molar-refractivity contribution in [3.05, 3.63) is 52.0 Å². The first-order valence-electron chi connectivity index (χ1n) is 7.49. The molecular weight excluding hydrogens is 344 g/mol. The summed E-state index contributed by atoms with van der Waals surface area (Å²) in [5, 5.41) is 2.87. The zero-order chi connectivity index (χ0) is 18.6. The number of benzene rings is 2. The van der Waals surface area contributed by atoms with Crippen LogP contribution >= 0.6 is 11.6 Å². The van der Waals surface area contributed by atoms with Crippen LogP contribution in [0.25, 0.3) is 0 Å². The van der Waals surface area contributed by atoms with Gasteiger partial charge >= 0.3 is 5.97 Å². The van der Waals surface area contributed by atoms with Gasteiger partial charge in [0.05, 0.1) is 17.8 Å². The Morgan fingerprint density at radius 2 is 1.88 bits per heavy atom. The Balaban J connectivity index is 2.01. The Morgan fingerprint density at radius 3 is 2.52 bits per heavy atom. The van der Waals surface area contributed by atoms with Crippen molar-refractivity contribution >= 4 is 34.9 Å². The number of carbonyl (C=O) groups is 2. The molecule has 0 unspecified atom stereocenters. The zero-order valence-electron chi connectivity index (χ0n) is 14.2. The minimum absolute atomic E-state index is 0.0979. The van der Waals surface area contributed by atoms with Gasteiger partial charge in [-0.15, -0.1) is 0 Å². The minimum Gasteiger partial charge on any atom is -0.496 e. The maximum Gasteiger partial charge on any atom is 0.342 e. The van der Waals surface area contributed by atoms with Crippen molar-refractivity contribution in [1.29, 1.82) is 0 Å². The van der Waals surface area contributed by atoms with Gasteiger partial charge in [-0.05, 0) is 43.2 Å². The lowest BCUT2D eigenvalue weighted by Crippen LogP contribution is -2.21. The van der Waals surface area contributed by atoms with Gasteiger partial charge in [0.15, 0.2) is 6.61 Å². The molecule has 2 rings (SSSR count). The first-order chi connectivity index (χ1) is 11.8. The third-order valence-corrected chi connectivity index (χ3v) is 3.99. The van der Waals surface area contributed by atoms with Crippen molar-refractivity contribution in [3.63, 3.8) is 0 Å². The van der Waals surface area contributed by atoms with Crippen molar-refractivity contribution in [1.82, 2.24) is 0 Å². The standard InChI is InChI=1S/C18H19ClN2O4/c1-10-4-5-12(6-11(10)2)21-17(22)9-25-18(23)13-7-14(19)15(20)8-16(13)24-3/h4-8H,9,20H2,1-3H3,(H,21,22). The summed E-state index contributed by atoms with van der Waals surface area (Å²) in [7, 11) is 1.39. The number of nitrogens with one attached hydrogen (secondary N) is 1. The molecule has 3 N–H and O–H groups in total. The summed E-state index contributed by atoms with van der Waals surface area (Å²) in [4.78, 5) is 24.1. The Labute approximate surface area is 150 Å². The van der Waals surface area contributed by atoms with Crippen LogP contribution in [-0.2, 0) is 9.53 Å². The largest absolute Gasteiger partial charge is 0.496 e. The highest BCUT2D eigenvalue weighted by Crippen LogP contribution is 2.29. The topological polar surface area (TPSA) is 90.7 Å². The van der Waals surface area contributed by atoms with Crippen LogP contribution < -0.4 is 15.8 Å². The summed E-state index contributed by atoms with van der Waals surface area (Å²) in [5.74, 6) is -0.951. The Hall–Kier alpha value is -2.73. The average Bonchev–Trinajstić information content (AvgIpc) is 2.58. The third-order valence-electron chi connectivity index (χ3n) is 3.66. The van der Waals surface area contributed by atoms with E-state index in [2.05, 4.69) is 5.32 Å². The number of hydrogen-bond acceptors (Lipinski definition) is 5. The number of methoxy groups -OCH3 is 1. The van der Waals surface area contributed by atoms with Crippen LogP contribution in [0.5, 0.6) is 5.75 Å². The summed E-state index contributed by atoms with van der Waals surface area (Å²) in [6.07, 6.45) is 0. The van der Waals surface area contributed by atoms with Gasteiger partial charge in [0.25, 0.3) is 5.91 Å². The van der Waals surface area contributed by atoms with Gasteiger partial charge in [0.1, 0.15) is 11.3 Å². The fourth-order valence-electron chi connectivity index (χ4n) is 2.12. The van der Waals surface area contributed by atoms with Crippen LogP contribution in [0, 0.1) is 13.8 Å². The fourth-order valence-corrected chi connectivity index (χ4v) is 2.29. The molecule has 0 heterocycles. The van der Waals surface area contributed by atoms with E-state index < -0.39 is 18.5 Å². The molecule has 0 bridgehead atoms. The molecule has 2 aromatic rings. The van der Waals surface area contributed by atoms with E-state index in [-0.39, 0.29) is 22.0 Å². The summed E-state index contributed by atoms with van der Waals surface area (Å²) in [5.41, 5.74) is 8.86. The number of amides is 1. The average molecular weight is 363 g/mol. The number of ether oxygens (including phenoxy) is 2. The molecule has 0 radical (unpaired) electrons. The van der Waals surface area contributed by atoms with Crippen LogP contribution in [0.3, 0.4) is 0 Å². The summed E-state index contributed by atoms with van der Waals surface area (Å²) < 4.78 is 10.1. The Morgan fingerprint density at radius 1 is 1.16 bits per heavy atom. The highest BCUT2D eigenvalue weighted by atomic mass is 35.5. The minimum atomic E-state index is -0.728.